The van der Waals surface area contributed by atoms with E-state index in [9.17, 15) is 9.18 Å². The van der Waals surface area contributed by atoms with E-state index in [2.05, 4.69) is 15.5 Å². The fourth-order valence-corrected chi connectivity index (χ4v) is 2.11. The largest absolute Gasteiger partial charge is 0.321 e. The SMILES string of the molecule is O=C(Nc1cccc2[nH]ncc12)c1cc(Cl)ccc1F. The number of hydrogen-bond donors (Lipinski definition) is 2. The maximum Gasteiger partial charge on any atom is 0.258 e. The number of amides is 1. The molecule has 0 fully saturated rings. The first-order valence-electron chi connectivity index (χ1n) is 5.83. The Hall–Kier alpha value is -2.40. The van der Waals surface area contributed by atoms with Crippen LogP contribution in [0.1, 0.15) is 10.4 Å². The Morgan fingerprint density at radius 3 is 3.00 bits per heavy atom. The van der Waals surface area contributed by atoms with Gasteiger partial charge in [-0.15, -0.1) is 0 Å². The minimum absolute atomic E-state index is 0.0991. The van der Waals surface area contributed by atoms with Crippen molar-refractivity contribution in [2.75, 3.05) is 5.32 Å². The van der Waals surface area contributed by atoms with Crippen molar-refractivity contribution in [1.29, 1.82) is 0 Å². The molecule has 20 heavy (non-hydrogen) atoms. The van der Waals surface area contributed by atoms with Gasteiger partial charge >= 0.3 is 0 Å². The second-order valence-corrected chi connectivity index (χ2v) is 4.65. The molecule has 2 N–H and O–H groups in total. The zero-order valence-corrected chi connectivity index (χ0v) is 10.9. The van der Waals surface area contributed by atoms with Crippen LogP contribution in [0, 0.1) is 5.82 Å². The molecule has 0 aliphatic heterocycles. The maximum absolute atomic E-state index is 13.6. The Morgan fingerprint density at radius 1 is 1.30 bits per heavy atom. The third-order valence-electron chi connectivity index (χ3n) is 2.91. The van der Waals surface area contributed by atoms with E-state index in [1.165, 1.54) is 12.1 Å². The summed E-state index contributed by atoms with van der Waals surface area (Å²) in [6.45, 7) is 0. The monoisotopic (exact) mass is 289 g/mol. The van der Waals surface area contributed by atoms with Gasteiger partial charge < -0.3 is 5.32 Å². The normalized spacial score (nSPS) is 10.7. The predicted molar refractivity (Wildman–Crippen MR) is 75.5 cm³/mol. The summed E-state index contributed by atoms with van der Waals surface area (Å²) >= 11 is 5.78. The molecular weight excluding hydrogens is 281 g/mol. The standard InChI is InChI=1S/C14H9ClFN3O/c15-8-4-5-11(16)9(6-8)14(20)18-12-2-1-3-13-10(12)7-17-19-13/h1-7H,(H,17,19)(H,18,20). The van der Waals surface area contributed by atoms with Crippen molar-refractivity contribution in [3.8, 4) is 0 Å². The number of benzene rings is 2. The van der Waals surface area contributed by atoms with Crippen LogP contribution in [0.2, 0.25) is 5.02 Å². The second kappa shape index (κ2) is 4.94. The number of anilines is 1. The highest BCUT2D eigenvalue weighted by atomic mass is 35.5. The lowest BCUT2D eigenvalue weighted by Gasteiger charge is -2.07. The Morgan fingerprint density at radius 2 is 2.15 bits per heavy atom. The van der Waals surface area contributed by atoms with E-state index in [0.29, 0.717) is 10.7 Å². The van der Waals surface area contributed by atoms with Crippen LogP contribution in [-0.4, -0.2) is 16.1 Å². The third-order valence-corrected chi connectivity index (χ3v) is 3.14. The van der Waals surface area contributed by atoms with Crippen LogP contribution in [-0.2, 0) is 0 Å². The van der Waals surface area contributed by atoms with Gasteiger partial charge in [-0.2, -0.15) is 5.10 Å². The van der Waals surface area contributed by atoms with Crippen LogP contribution in [0.4, 0.5) is 10.1 Å². The quantitative estimate of drug-likeness (QED) is 0.757. The Bertz CT molecular complexity index is 800. The van der Waals surface area contributed by atoms with Crippen molar-refractivity contribution in [3.63, 3.8) is 0 Å². The van der Waals surface area contributed by atoms with Gasteiger partial charge in [-0.25, -0.2) is 4.39 Å². The number of aromatic nitrogens is 2. The van der Waals surface area contributed by atoms with E-state index < -0.39 is 11.7 Å². The number of nitrogens with zero attached hydrogens (tertiary/aromatic N) is 1. The Labute approximate surface area is 118 Å². The zero-order chi connectivity index (χ0) is 14.1. The minimum Gasteiger partial charge on any atom is -0.321 e. The predicted octanol–water partition coefficient (Wildman–Crippen LogP) is 3.61. The molecule has 1 amide bonds. The fourth-order valence-electron chi connectivity index (χ4n) is 1.94. The van der Waals surface area contributed by atoms with Gasteiger partial charge in [-0.1, -0.05) is 17.7 Å². The number of halogens is 2. The Balaban J connectivity index is 1.96. The van der Waals surface area contributed by atoms with E-state index >= 15 is 0 Å². The molecule has 4 nitrogen and oxygen atoms in total. The lowest BCUT2D eigenvalue weighted by molar-refractivity contribution is 0.102. The van der Waals surface area contributed by atoms with Crippen LogP contribution >= 0.6 is 11.6 Å². The van der Waals surface area contributed by atoms with Crippen LogP contribution in [0.25, 0.3) is 10.9 Å². The molecule has 3 aromatic rings. The zero-order valence-electron chi connectivity index (χ0n) is 10.2. The molecule has 2 aromatic carbocycles. The number of carbonyl (C=O) groups is 1. The first kappa shape index (κ1) is 12.6. The molecule has 6 heteroatoms. The van der Waals surface area contributed by atoms with E-state index in [-0.39, 0.29) is 5.56 Å². The van der Waals surface area contributed by atoms with Crippen molar-refractivity contribution in [2.45, 2.75) is 0 Å². The summed E-state index contributed by atoms with van der Waals surface area (Å²) in [4.78, 5) is 12.1. The summed E-state index contributed by atoms with van der Waals surface area (Å²) < 4.78 is 13.6. The average Bonchev–Trinajstić information content (AvgIpc) is 2.91. The highest BCUT2D eigenvalue weighted by molar-refractivity contribution is 6.31. The number of H-pyrrole nitrogens is 1. The number of rotatable bonds is 2. The van der Waals surface area contributed by atoms with Crippen molar-refractivity contribution in [2.24, 2.45) is 0 Å². The molecule has 0 saturated heterocycles. The lowest BCUT2D eigenvalue weighted by atomic mass is 10.1. The summed E-state index contributed by atoms with van der Waals surface area (Å²) in [5.41, 5.74) is 1.24. The number of fused-ring (bicyclic) bond motifs is 1. The van der Waals surface area contributed by atoms with Crippen molar-refractivity contribution >= 4 is 34.1 Å². The molecule has 0 aliphatic carbocycles. The number of aromatic amines is 1. The van der Waals surface area contributed by atoms with E-state index in [0.717, 1.165) is 17.0 Å². The molecule has 0 unspecified atom stereocenters. The summed E-state index contributed by atoms with van der Waals surface area (Å²) in [5.74, 6) is -1.18. The van der Waals surface area contributed by atoms with Crippen molar-refractivity contribution < 1.29 is 9.18 Å². The lowest BCUT2D eigenvalue weighted by Crippen LogP contribution is -2.13. The van der Waals surface area contributed by atoms with E-state index in [1.54, 1.807) is 18.3 Å². The molecule has 0 spiro atoms. The van der Waals surface area contributed by atoms with Gasteiger partial charge in [-0.3, -0.25) is 9.89 Å². The van der Waals surface area contributed by atoms with Crippen molar-refractivity contribution in [3.05, 3.63) is 59.0 Å². The van der Waals surface area contributed by atoms with Crippen LogP contribution in [0.15, 0.2) is 42.6 Å². The number of carbonyl (C=O) groups excluding carboxylic acids is 1. The molecule has 1 heterocycles. The first-order valence-corrected chi connectivity index (χ1v) is 6.21. The molecule has 1 aromatic heterocycles. The second-order valence-electron chi connectivity index (χ2n) is 4.22. The number of nitrogens with one attached hydrogen (secondary N) is 2. The molecule has 0 radical (unpaired) electrons. The minimum atomic E-state index is -0.619. The van der Waals surface area contributed by atoms with Gasteiger partial charge in [0.05, 0.1) is 23.0 Å². The van der Waals surface area contributed by atoms with Gasteiger partial charge in [0, 0.05) is 10.4 Å². The highest BCUT2D eigenvalue weighted by Gasteiger charge is 2.14. The Kier molecular flexibility index (Phi) is 3.12. The topological polar surface area (TPSA) is 57.8 Å². The highest BCUT2D eigenvalue weighted by Crippen LogP contribution is 2.22. The third kappa shape index (κ3) is 2.23. The van der Waals surface area contributed by atoms with Gasteiger partial charge in [0.1, 0.15) is 5.82 Å². The first-order chi connectivity index (χ1) is 9.65. The van der Waals surface area contributed by atoms with Gasteiger partial charge in [-0.05, 0) is 30.3 Å². The molecule has 3 rings (SSSR count). The molecular formula is C14H9ClFN3O. The van der Waals surface area contributed by atoms with E-state index in [4.69, 9.17) is 11.6 Å². The molecule has 0 saturated carbocycles. The summed E-state index contributed by atoms with van der Waals surface area (Å²) in [6.07, 6.45) is 1.60. The molecule has 100 valence electrons. The maximum atomic E-state index is 13.6. The molecule has 0 atom stereocenters. The van der Waals surface area contributed by atoms with Gasteiger partial charge in [0.15, 0.2) is 0 Å². The number of hydrogen-bond acceptors (Lipinski definition) is 2. The smallest absolute Gasteiger partial charge is 0.258 e. The summed E-state index contributed by atoms with van der Waals surface area (Å²) in [5, 5.41) is 10.4. The van der Waals surface area contributed by atoms with Gasteiger partial charge in [0.2, 0.25) is 0 Å². The fraction of sp³-hybridized carbons (Fsp3) is 0. The van der Waals surface area contributed by atoms with E-state index in [1.807, 2.05) is 6.07 Å². The van der Waals surface area contributed by atoms with Crippen LogP contribution < -0.4 is 5.32 Å². The molecule has 0 aliphatic rings. The molecule has 0 bridgehead atoms. The summed E-state index contributed by atoms with van der Waals surface area (Å²) in [7, 11) is 0. The van der Waals surface area contributed by atoms with Crippen LogP contribution in [0.5, 0.6) is 0 Å². The van der Waals surface area contributed by atoms with Gasteiger partial charge in [0.25, 0.3) is 5.91 Å². The van der Waals surface area contributed by atoms with Crippen LogP contribution in [0.3, 0.4) is 0 Å². The van der Waals surface area contributed by atoms with Crippen molar-refractivity contribution in [1.82, 2.24) is 10.2 Å². The average molecular weight is 290 g/mol. The summed E-state index contributed by atoms with van der Waals surface area (Å²) in [6, 6.07) is 9.17.